The number of methoxy groups -OCH3 is 1. The smallest absolute Gasteiger partial charge is 0.325 e. The summed E-state index contributed by atoms with van der Waals surface area (Å²) in [4.78, 5) is 22.6. The van der Waals surface area contributed by atoms with Crippen LogP contribution in [-0.4, -0.2) is 30.5 Å². The molecule has 0 heterocycles. The first-order valence-electron chi connectivity index (χ1n) is 4.53. The molecule has 15 heavy (non-hydrogen) atoms. The molecular formula is C9H16N2O3S. The van der Waals surface area contributed by atoms with Crippen LogP contribution in [0.1, 0.15) is 20.3 Å². The van der Waals surface area contributed by atoms with Crippen LogP contribution in [0, 0.1) is 5.41 Å². The largest absolute Gasteiger partial charge is 0.468 e. The quantitative estimate of drug-likeness (QED) is 0.514. The van der Waals surface area contributed by atoms with Gasteiger partial charge in [-0.25, -0.2) is 0 Å². The zero-order chi connectivity index (χ0) is 12.1. The zero-order valence-electron chi connectivity index (χ0n) is 9.12. The second-order valence-corrected chi connectivity index (χ2v) is 3.75. The summed E-state index contributed by atoms with van der Waals surface area (Å²) in [6.07, 6.45) is 0.481. The number of ether oxygens (including phenoxy) is 1. The van der Waals surface area contributed by atoms with Crippen molar-refractivity contribution in [2.75, 3.05) is 13.7 Å². The van der Waals surface area contributed by atoms with E-state index < -0.39 is 11.4 Å². The average Bonchev–Trinajstić information content (AvgIpc) is 2.23. The Labute approximate surface area is 94.3 Å². The fourth-order valence-corrected chi connectivity index (χ4v) is 1.10. The predicted molar refractivity (Wildman–Crippen MR) is 60.2 cm³/mol. The minimum atomic E-state index is -0.913. The van der Waals surface area contributed by atoms with Crippen molar-refractivity contribution in [2.45, 2.75) is 20.3 Å². The molecule has 0 aromatic heterocycles. The summed E-state index contributed by atoms with van der Waals surface area (Å²) in [7, 11) is 1.25. The molecule has 3 N–H and O–H groups in total. The monoisotopic (exact) mass is 232 g/mol. The van der Waals surface area contributed by atoms with E-state index in [1.807, 2.05) is 0 Å². The molecule has 1 amide bonds. The van der Waals surface area contributed by atoms with Crippen LogP contribution < -0.4 is 11.1 Å². The van der Waals surface area contributed by atoms with Crippen LogP contribution in [0.25, 0.3) is 0 Å². The normalized spacial score (nSPS) is 13.8. The molecular weight excluding hydrogens is 216 g/mol. The van der Waals surface area contributed by atoms with Gasteiger partial charge in [-0.15, -0.1) is 0 Å². The topological polar surface area (TPSA) is 81.4 Å². The number of carbonyl (C=O) groups is 2. The Morgan fingerprint density at radius 1 is 1.53 bits per heavy atom. The molecule has 0 aromatic rings. The number of carbonyl (C=O) groups excluding carboxylic acids is 2. The number of nitrogens with two attached hydrogens (primary N) is 1. The average molecular weight is 232 g/mol. The Morgan fingerprint density at radius 3 is 2.40 bits per heavy atom. The summed E-state index contributed by atoms with van der Waals surface area (Å²) < 4.78 is 4.39. The van der Waals surface area contributed by atoms with Crippen molar-refractivity contribution < 1.29 is 14.3 Å². The molecule has 0 aliphatic rings. The third-order valence-corrected chi connectivity index (χ3v) is 2.82. The van der Waals surface area contributed by atoms with E-state index in [1.165, 1.54) is 7.11 Å². The summed E-state index contributed by atoms with van der Waals surface area (Å²) in [6.45, 7) is 3.27. The van der Waals surface area contributed by atoms with Crippen LogP contribution in [-0.2, 0) is 14.3 Å². The second kappa shape index (κ2) is 5.65. The van der Waals surface area contributed by atoms with E-state index in [4.69, 9.17) is 18.0 Å². The SMILES string of the molecule is CCC(C)(C(=O)NCC(=O)OC)C(N)=S. The molecule has 0 rings (SSSR count). The maximum Gasteiger partial charge on any atom is 0.325 e. The number of amides is 1. The Kier molecular flexibility index (Phi) is 5.21. The van der Waals surface area contributed by atoms with Crippen LogP contribution in [0.2, 0.25) is 0 Å². The van der Waals surface area contributed by atoms with Gasteiger partial charge < -0.3 is 15.8 Å². The van der Waals surface area contributed by atoms with Crippen LogP contribution in [0.5, 0.6) is 0 Å². The minimum Gasteiger partial charge on any atom is -0.468 e. The van der Waals surface area contributed by atoms with Crippen LogP contribution in [0.3, 0.4) is 0 Å². The first kappa shape index (κ1) is 13.8. The highest BCUT2D eigenvalue weighted by molar-refractivity contribution is 7.80. The maximum absolute atomic E-state index is 11.7. The van der Waals surface area contributed by atoms with E-state index in [9.17, 15) is 9.59 Å². The maximum atomic E-state index is 11.7. The van der Waals surface area contributed by atoms with Gasteiger partial charge in [-0.3, -0.25) is 9.59 Å². The molecule has 0 aliphatic carbocycles. The van der Waals surface area contributed by atoms with E-state index in [0.29, 0.717) is 6.42 Å². The highest BCUT2D eigenvalue weighted by atomic mass is 32.1. The van der Waals surface area contributed by atoms with Crippen molar-refractivity contribution in [1.82, 2.24) is 5.32 Å². The van der Waals surface area contributed by atoms with Gasteiger partial charge in [0.05, 0.1) is 17.5 Å². The van der Waals surface area contributed by atoms with Crippen molar-refractivity contribution in [1.29, 1.82) is 0 Å². The van der Waals surface area contributed by atoms with Crippen LogP contribution >= 0.6 is 12.2 Å². The first-order valence-corrected chi connectivity index (χ1v) is 4.94. The molecule has 0 aliphatic heterocycles. The van der Waals surface area contributed by atoms with Gasteiger partial charge in [-0.1, -0.05) is 19.1 Å². The van der Waals surface area contributed by atoms with Crippen molar-refractivity contribution in [3.05, 3.63) is 0 Å². The predicted octanol–water partition coefficient (Wildman–Crippen LogP) is -0.0220. The molecule has 1 unspecified atom stereocenters. The number of esters is 1. The van der Waals surface area contributed by atoms with Gasteiger partial charge in [-0.05, 0) is 13.3 Å². The van der Waals surface area contributed by atoms with E-state index in [2.05, 4.69) is 10.1 Å². The van der Waals surface area contributed by atoms with Gasteiger partial charge in [-0.2, -0.15) is 0 Å². The van der Waals surface area contributed by atoms with Gasteiger partial charge in [0, 0.05) is 0 Å². The van der Waals surface area contributed by atoms with Gasteiger partial charge >= 0.3 is 5.97 Å². The van der Waals surface area contributed by atoms with Crippen molar-refractivity contribution >= 4 is 29.1 Å². The molecule has 6 heteroatoms. The van der Waals surface area contributed by atoms with Crippen LogP contribution in [0.4, 0.5) is 0 Å². The van der Waals surface area contributed by atoms with Crippen molar-refractivity contribution in [3.63, 3.8) is 0 Å². The number of hydrogen-bond donors (Lipinski definition) is 2. The lowest BCUT2D eigenvalue weighted by Gasteiger charge is -2.25. The molecule has 1 atom stereocenters. The summed E-state index contributed by atoms with van der Waals surface area (Å²) in [6, 6.07) is 0. The molecule has 0 saturated heterocycles. The summed E-state index contributed by atoms with van der Waals surface area (Å²) in [5.41, 5.74) is 4.56. The summed E-state index contributed by atoms with van der Waals surface area (Å²) >= 11 is 4.81. The van der Waals surface area contributed by atoms with E-state index in [0.717, 1.165) is 0 Å². The van der Waals surface area contributed by atoms with E-state index >= 15 is 0 Å². The zero-order valence-corrected chi connectivity index (χ0v) is 9.94. The van der Waals surface area contributed by atoms with Gasteiger partial charge in [0.25, 0.3) is 0 Å². The van der Waals surface area contributed by atoms with E-state index in [-0.39, 0.29) is 17.4 Å². The molecule has 0 aromatic carbocycles. The lowest BCUT2D eigenvalue weighted by Crippen LogP contribution is -2.47. The fourth-order valence-electron chi connectivity index (χ4n) is 0.866. The molecule has 5 nitrogen and oxygen atoms in total. The number of thiocarbonyl (C=S) groups is 1. The van der Waals surface area contributed by atoms with Crippen LogP contribution in [0.15, 0.2) is 0 Å². The Balaban J connectivity index is 4.42. The highest BCUT2D eigenvalue weighted by Gasteiger charge is 2.34. The third-order valence-electron chi connectivity index (χ3n) is 2.37. The summed E-state index contributed by atoms with van der Waals surface area (Å²) in [5.74, 6) is -0.868. The highest BCUT2D eigenvalue weighted by Crippen LogP contribution is 2.21. The van der Waals surface area contributed by atoms with Gasteiger partial charge in [0.2, 0.25) is 5.91 Å². The van der Waals surface area contributed by atoms with Crippen molar-refractivity contribution in [2.24, 2.45) is 11.1 Å². The Morgan fingerprint density at radius 2 is 2.07 bits per heavy atom. The van der Waals surface area contributed by atoms with Gasteiger partial charge in [0.15, 0.2) is 0 Å². The summed E-state index contributed by atoms with van der Waals surface area (Å²) in [5, 5.41) is 2.43. The Hall–Kier alpha value is -1.17. The fraction of sp³-hybridized carbons (Fsp3) is 0.667. The van der Waals surface area contributed by atoms with Gasteiger partial charge in [0.1, 0.15) is 6.54 Å². The Bertz CT molecular complexity index is 281. The molecule has 86 valence electrons. The van der Waals surface area contributed by atoms with E-state index in [1.54, 1.807) is 13.8 Å². The first-order chi connectivity index (χ1) is 6.88. The third kappa shape index (κ3) is 3.47. The molecule has 0 fully saturated rings. The molecule has 0 saturated carbocycles. The molecule has 0 bridgehead atoms. The second-order valence-electron chi connectivity index (χ2n) is 3.31. The number of hydrogen-bond acceptors (Lipinski definition) is 4. The lowest BCUT2D eigenvalue weighted by molar-refractivity contribution is -0.141. The molecule has 0 radical (unpaired) electrons. The molecule has 0 spiro atoms. The lowest BCUT2D eigenvalue weighted by atomic mass is 9.86. The van der Waals surface area contributed by atoms with Crippen molar-refractivity contribution in [3.8, 4) is 0 Å². The number of rotatable bonds is 5. The minimum absolute atomic E-state index is 0.118. The number of nitrogens with one attached hydrogen (secondary N) is 1. The standard InChI is InChI=1S/C9H16N2O3S/c1-4-9(2,7(10)15)8(13)11-5-6(12)14-3/h4-5H2,1-3H3,(H2,10,15)(H,11,13).